The number of aliphatic imine (C=N–C) groups is 1. The molecule has 0 saturated carbocycles. The van der Waals surface area contributed by atoms with Crippen LogP contribution in [0.5, 0.6) is 5.75 Å². The smallest absolute Gasteiger partial charge is 0.340 e. The van der Waals surface area contributed by atoms with Crippen molar-refractivity contribution in [3.8, 4) is 5.75 Å². The second kappa shape index (κ2) is 7.47. The lowest BCUT2D eigenvalue weighted by atomic mass is 10.1. The summed E-state index contributed by atoms with van der Waals surface area (Å²) < 4.78 is 54.9. The van der Waals surface area contributed by atoms with E-state index >= 15 is 0 Å². The quantitative estimate of drug-likeness (QED) is 0.427. The third-order valence-electron chi connectivity index (χ3n) is 3.13. The van der Waals surface area contributed by atoms with E-state index in [9.17, 15) is 17.6 Å². The minimum Gasteiger partial charge on any atom is -0.487 e. The number of hydrogen-bond acceptors (Lipinski definition) is 2. The van der Waals surface area contributed by atoms with Crippen molar-refractivity contribution in [2.24, 2.45) is 4.99 Å². The van der Waals surface area contributed by atoms with Gasteiger partial charge < -0.3 is 9.64 Å². The van der Waals surface area contributed by atoms with Crippen molar-refractivity contribution in [1.82, 2.24) is 4.90 Å². The Labute approximate surface area is 127 Å². The van der Waals surface area contributed by atoms with Gasteiger partial charge in [-0.15, -0.1) is 0 Å². The Bertz CT molecular complexity index is 533. The van der Waals surface area contributed by atoms with Gasteiger partial charge in [0.15, 0.2) is 6.61 Å². The predicted octanol–water partition coefficient (Wildman–Crippen LogP) is 4.19. The van der Waals surface area contributed by atoms with E-state index in [1.807, 2.05) is 18.9 Å². The van der Waals surface area contributed by atoms with Crippen molar-refractivity contribution < 1.29 is 22.3 Å². The summed E-state index contributed by atoms with van der Waals surface area (Å²) in [6.45, 7) is 4.82. The number of benzene rings is 1. The molecule has 0 atom stereocenters. The van der Waals surface area contributed by atoms with Crippen LogP contribution in [-0.2, 0) is 0 Å². The highest BCUT2D eigenvalue weighted by Crippen LogP contribution is 2.30. The van der Waals surface area contributed by atoms with Gasteiger partial charge in [0.25, 0.3) is 0 Å². The Kier molecular flexibility index (Phi) is 6.20. The molecule has 0 N–H and O–H groups in total. The van der Waals surface area contributed by atoms with Crippen LogP contribution in [0.25, 0.3) is 0 Å². The molecule has 0 amide bonds. The second-order valence-electron chi connectivity index (χ2n) is 5.07. The summed E-state index contributed by atoms with van der Waals surface area (Å²) in [5, 5.41) is 0. The molecule has 0 fully saturated rings. The van der Waals surface area contributed by atoms with E-state index in [0.717, 1.165) is 6.54 Å². The number of hydrogen-bond donors (Lipinski definition) is 0. The fourth-order valence-corrected chi connectivity index (χ4v) is 1.55. The van der Waals surface area contributed by atoms with Crippen LogP contribution in [0.1, 0.15) is 18.1 Å². The maximum atomic E-state index is 12.9. The molecule has 0 spiro atoms. The molecular formula is C15H20F4N2O. The third kappa shape index (κ3) is 4.89. The average Bonchev–Trinajstić information content (AvgIpc) is 2.45. The van der Waals surface area contributed by atoms with Crippen LogP contribution in [0.4, 0.5) is 23.2 Å². The third-order valence-corrected chi connectivity index (χ3v) is 3.13. The second-order valence-corrected chi connectivity index (χ2v) is 5.07. The fraction of sp³-hybridized carbons (Fsp3) is 0.533. The van der Waals surface area contributed by atoms with E-state index in [1.54, 1.807) is 26.3 Å². The van der Waals surface area contributed by atoms with E-state index in [4.69, 9.17) is 4.74 Å². The minimum atomic E-state index is -4.17. The number of rotatable bonds is 7. The largest absolute Gasteiger partial charge is 0.487 e. The van der Waals surface area contributed by atoms with Gasteiger partial charge in [0, 0.05) is 13.6 Å². The first-order valence-electron chi connectivity index (χ1n) is 6.81. The summed E-state index contributed by atoms with van der Waals surface area (Å²) in [6, 6.07) is 3.20. The molecule has 1 aromatic carbocycles. The van der Waals surface area contributed by atoms with Crippen LogP contribution in [0.3, 0.4) is 0 Å². The number of ether oxygens (including phenoxy) is 1. The van der Waals surface area contributed by atoms with Crippen molar-refractivity contribution in [3.05, 3.63) is 23.3 Å². The molecule has 0 bridgehead atoms. The lowest BCUT2D eigenvalue weighted by Gasteiger charge is -2.18. The zero-order valence-corrected chi connectivity index (χ0v) is 13.0. The van der Waals surface area contributed by atoms with Crippen LogP contribution in [0.15, 0.2) is 17.1 Å². The van der Waals surface area contributed by atoms with E-state index in [2.05, 4.69) is 4.99 Å². The van der Waals surface area contributed by atoms with E-state index in [1.165, 1.54) is 6.07 Å². The van der Waals surface area contributed by atoms with Gasteiger partial charge in [-0.1, -0.05) is 0 Å². The fourth-order valence-electron chi connectivity index (χ4n) is 1.55. The molecule has 0 radical (unpaired) electrons. The Morgan fingerprint density at radius 2 is 1.91 bits per heavy atom. The first-order chi connectivity index (χ1) is 10.2. The molecule has 0 aliphatic rings. The average molecular weight is 320 g/mol. The lowest BCUT2D eigenvalue weighted by Crippen LogP contribution is -2.33. The summed E-state index contributed by atoms with van der Waals surface area (Å²) in [6.07, 6.45) is -2.09. The van der Waals surface area contributed by atoms with Gasteiger partial charge in [-0.2, -0.15) is 8.78 Å². The SMILES string of the molecule is CCN(C)C=Nc1cc(C)c(OCC(F)(F)C(F)F)cc1C. The highest BCUT2D eigenvalue weighted by atomic mass is 19.3. The molecule has 3 nitrogen and oxygen atoms in total. The lowest BCUT2D eigenvalue weighted by molar-refractivity contribution is -0.148. The Hall–Kier alpha value is -1.79. The monoisotopic (exact) mass is 320 g/mol. The van der Waals surface area contributed by atoms with Crippen LogP contribution in [-0.4, -0.2) is 43.8 Å². The molecular weight excluding hydrogens is 300 g/mol. The summed E-state index contributed by atoms with van der Waals surface area (Å²) in [5.74, 6) is -4.01. The van der Waals surface area contributed by atoms with Gasteiger partial charge in [0.1, 0.15) is 5.75 Å². The molecule has 0 saturated heterocycles. The van der Waals surface area contributed by atoms with Crippen molar-refractivity contribution >= 4 is 12.0 Å². The maximum absolute atomic E-state index is 12.9. The van der Waals surface area contributed by atoms with Crippen molar-refractivity contribution in [1.29, 1.82) is 0 Å². The molecule has 0 aromatic heterocycles. The Morgan fingerprint density at radius 1 is 1.27 bits per heavy atom. The topological polar surface area (TPSA) is 24.8 Å². The minimum absolute atomic E-state index is 0.153. The molecule has 0 unspecified atom stereocenters. The molecule has 0 heterocycles. The number of halogens is 4. The normalized spacial score (nSPS) is 12.2. The molecule has 0 aliphatic heterocycles. The molecule has 124 valence electrons. The highest BCUT2D eigenvalue weighted by Gasteiger charge is 2.41. The Morgan fingerprint density at radius 3 is 2.45 bits per heavy atom. The first kappa shape index (κ1) is 18.3. The van der Waals surface area contributed by atoms with Gasteiger partial charge in [0.2, 0.25) is 0 Å². The van der Waals surface area contributed by atoms with E-state index < -0.39 is 19.0 Å². The molecule has 1 aromatic rings. The summed E-state index contributed by atoms with van der Waals surface area (Å²) >= 11 is 0. The Balaban J connectivity index is 2.88. The van der Waals surface area contributed by atoms with Crippen LogP contribution in [0, 0.1) is 13.8 Å². The van der Waals surface area contributed by atoms with E-state index in [0.29, 0.717) is 16.8 Å². The van der Waals surface area contributed by atoms with Gasteiger partial charge in [-0.3, -0.25) is 0 Å². The predicted molar refractivity (Wildman–Crippen MR) is 78.8 cm³/mol. The highest BCUT2D eigenvalue weighted by molar-refractivity contribution is 5.64. The van der Waals surface area contributed by atoms with Gasteiger partial charge in [-0.05, 0) is 44.0 Å². The zero-order chi connectivity index (χ0) is 16.9. The zero-order valence-electron chi connectivity index (χ0n) is 13.0. The van der Waals surface area contributed by atoms with E-state index in [-0.39, 0.29) is 5.75 Å². The molecule has 0 aliphatic carbocycles. The van der Waals surface area contributed by atoms with Crippen molar-refractivity contribution in [3.63, 3.8) is 0 Å². The number of alkyl halides is 4. The number of aryl methyl sites for hydroxylation is 2. The molecule has 1 rings (SSSR count). The maximum Gasteiger partial charge on any atom is 0.340 e. The van der Waals surface area contributed by atoms with Crippen LogP contribution < -0.4 is 4.74 Å². The van der Waals surface area contributed by atoms with Crippen LogP contribution >= 0.6 is 0 Å². The number of nitrogens with zero attached hydrogens (tertiary/aromatic N) is 2. The summed E-state index contributed by atoms with van der Waals surface area (Å²) in [4.78, 5) is 6.17. The van der Waals surface area contributed by atoms with Gasteiger partial charge in [-0.25, -0.2) is 13.8 Å². The summed E-state index contributed by atoms with van der Waals surface area (Å²) in [7, 11) is 1.87. The van der Waals surface area contributed by atoms with Gasteiger partial charge >= 0.3 is 12.3 Å². The van der Waals surface area contributed by atoms with Gasteiger partial charge in [0.05, 0.1) is 12.0 Å². The summed E-state index contributed by atoms with van der Waals surface area (Å²) in [5.41, 5.74) is 1.94. The van der Waals surface area contributed by atoms with Crippen molar-refractivity contribution in [2.45, 2.75) is 33.1 Å². The van der Waals surface area contributed by atoms with Crippen LogP contribution in [0.2, 0.25) is 0 Å². The standard InChI is InChI=1S/C15H20F4N2O/c1-5-21(4)9-20-12-6-11(3)13(7-10(12)2)22-8-15(18,19)14(16)17/h6-7,9,14H,5,8H2,1-4H3. The molecule has 22 heavy (non-hydrogen) atoms. The first-order valence-corrected chi connectivity index (χ1v) is 6.81. The molecule has 7 heteroatoms. The van der Waals surface area contributed by atoms with Crippen molar-refractivity contribution in [2.75, 3.05) is 20.2 Å².